The molecule has 0 bridgehead atoms. The number of hydrogen-bond donors (Lipinski definition) is 0. The smallest absolute Gasteiger partial charge is 0.134 e. The van der Waals surface area contributed by atoms with Gasteiger partial charge in [-0.2, -0.15) is 0 Å². The van der Waals surface area contributed by atoms with E-state index in [1.54, 1.807) is 12.3 Å². The monoisotopic (exact) mass is 402 g/mol. The third-order valence-electron chi connectivity index (χ3n) is 5.20. The molecule has 132 valence electrons. The van der Waals surface area contributed by atoms with Gasteiger partial charge in [0.25, 0.3) is 0 Å². The van der Waals surface area contributed by atoms with Gasteiger partial charge >= 0.3 is 0 Å². The Labute approximate surface area is 157 Å². The van der Waals surface area contributed by atoms with E-state index in [1.165, 1.54) is 5.56 Å². The molecule has 25 heavy (non-hydrogen) atoms. The molecule has 3 rings (SSSR count). The van der Waals surface area contributed by atoms with Crippen LogP contribution in [-0.2, 0) is 0 Å². The second-order valence-corrected chi connectivity index (χ2v) is 8.48. The van der Waals surface area contributed by atoms with E-state index in [-0.39, 0.29) is 11.4 Å². The molecule has 0 fully saturated rings. The van der Waals surface area contributed by atoms with Crippen LogP contribution in [0.1, 0.15) is 49.8 Å². The fourth-order valence-electron chi connectivity index (χ4n) is 3.56. The van der Waals surface area contributed by atoms with E-state index in [9.17, 15) is 4.39 Å². The second-order valence-electron chi connectivity index (χ2n) is 7.62. The lowest BCUT2D eigenvalue weighted by atomic mass is 9.80. The molecule has 0 saturated carbocycles. The molecule has 1 unspecified atom stereocenters. The highest BCUT2D eigenvalue weighted by Gasteiger charge is 2.34. The van der Waals surface area contributed by atoms with Crippen molar-refractivity contribution in [3.05, 3.63) is 57.3 Å². The predicted molar refractivity (Wildman–Crippen MR) is 108 cm³/mol. The Hall–Kier alpha value is -1.68. The number of benzene rings is 2. The summed E-state index contributed by atoms with van der Waals surface area (Å²) in [5, 5.41) is 0. The molecule has 1 atom stereocenters. The van der Waals surface area contributed by atoms with Gasteiger partial charge in [-0.1, -0.05) is 13.0 Å². The van der Waals surface area contributed by atoms with Crippen molar-refractivity contribution in [1.82, 2.24) is 0 Å². The topological polar surface area (TPSA) is 15.6 Å². The van der Waals surface area contributed by atoms with Crippen molar-refractivity contribution in [2.24, 2.45) is 4.99 Å². The summed E-state index contributed by atoms with van der Waals surface area (Å²) in [7, 11) is 2.04. The zero-order valence-corrected chi connectivity index (χ0v) is 17.0. The number of anilines is 1. The zero-order valence-electron chi connectivity index (χ0n) is 15.4. The first-order chi connectivity index (χ1) is 11.7. The highest BCUT2D eigenvalue weighted by molar-refractivity contribution is 9.10. The average Bonchev–Trinajstić information content (AvgIpc) is 2.52. The van der Waals surface area contributed by atoms with E-state index in [0.29, 0.717) is 11.5 Å². The number of aryl methyl sites for hydroxylation is 1. The molecular formula is C21H24BrFN2. The van der Waals surface area contributed by atoms with Crippen LogP contribution >= 0.6 is 15.9 Å². The molecule has 4 heteroatoms. The predicted octanol–water partition coefficient (Wildman–Crippen LogP) is 6.37. The standard InChI is InChI=1S/C21H24BrFN2/c1-13-6-7-19(17(22)8-13)24-12-15-9-16-14(2)11-21(3,4)25(5)20(16)10-18(15)23/h6-10,12,14H,11H2,1-5H3. The van der Waals surface area contributed by atoms with Crippen LogP contribution in [-0.4, -0.2) is 18.8 Å². The Kier molecular flexibility index (Phi) is 4.76. The van der Waals surface area contributed by atoms with Crippen molar-refractivity contribution < 1.29 is 4.39 Å². The van der Waals surface area contributed by atoms with Crippen LogP contribution < -0.4 is 4.90 Å². The molecule has 0 aromatic heterocycles. The summed E-state index contributed by atoms with van der Waals surface area (Å²) in [5.74, 6) is 0.155. The number of hydrogen-bond acceptors (Lipinski definition) is 2. The van der Waals surface area contributed by atoms with E-state index in [1.807, 2.05) is 38.2 Å². The Balaban J connectivity index is 1.99. The third-order valence-corrected chi connectivity index (χ3v) is 5.83. The normalized spacial score (nSPS) is 19.3. The quantitative estimate of drug-likeness (QED) is 0.532. The van der Waals surface area contributed by atoms with Gasteiger partial charge in [0.15, 0.2) is 0 Å². The molecule has 1 aliphatic rings. The maximum Gasteiger partial charge on any atom is 0.134 e. The van der Waals surface area contributed by atoms with E-state index in [0.717, 1.165) is 27.8 Å². The van der Waals surface area contributed by atoms with Crippen LogP contribution in [0.15, 0.2) is 39.8 Å². The lowest BCUT2D eigenvalue weighted by molar-refractivity contribution is 0.394. The molecule has 2 nitrogen and oxygen atoms in total. The molecule has 0 saturated heterocycles. The van der Waals surface area contributed by atoms with Crippen LogP contribution in [0, 0.1) is 12.7 Å². The summed E-state index contributed by atoms with van der Waals surface area (Å²) >= 11 is 3.51. The molecule has 2 aromatic carbocycles. The van der Waals surface area contributed by atoms with Gasteiger partial charge in [-0.15, -0.1) is 0 Å². The Morgan fingerprint density at radius 3 is 2.68 bits per heavy atom. The number of aliphatic imine (C=N–C) groups is 1. The summed E-state index contributed by atoms with van der Waals surface area (Å²) in [6, 6.07) is 9.55. The van der Waals surface area contributed by atoms with Gasteiger partial charge in [-0.3, -0.25) is 4.99 Å². The van der Waals surface area contributed by atoms with Gasteiger partial charge in [0.05, 0.1) is 5.69 Å². The molecule has 0 N–H and O–H groups in total. The third kappa shape index (κ3) is 3.50. The van der Waals surface area contributed by atoms with E-state index in [2.05, 4.69) is 46.6 Å². The Morgan fingerprint density at radius 2 is 2.00 bits per heavy atom. The lowest BCUT2D eigenvalue weighted by Crippen LogP contribution is -2.45. The van der Waals surface area contributed by atoms with Crippen LogP contribution in [0.2, 0.25) is 0 Å². The zero-order chi connectivity index (χ0) is 18.4. The molecule has 0 spiro atoms. The summed E-state index contributed by atoms with van der Waals surface area (Å²) in [6.45, 7) is 8.65. The van der Waals surface area contributed by atoms with Crippen molar-refractivity contribution in [1.29, 1.82) is 0 Å². The van der Waals surface area contributed by atoms with Gasteiger partial charge in [0.2, 0.25) is 0 Å². The van der Waals surface area contributed by atoms with Gasteiger partial charge < -0.3 is 4.90 Å². The minimum absolute atomic E-state index is 0.0290. The van der Waals surface area contributed by atoms with Crippen molar-refractivity contribution in [2.75, 3.05) is 11.9 Å². The SMILES string of the molecule is Cc1ccc(N=Cc2cc3c(cc2F)N(C)C(C)(C)CC3C)c(Br)c1. The maximum absolute atomic E-state index is 14.7. The first-order valence-corrected chi connectivity index (χ1v) is 9.36. The summed E-state index contributed by atoms with van der Waals surface area (Å²) in [4.78, 5) is 6.66. The minimum atomic E-state index is -0.234. The summed E-state index contributed by atoms with van der Waals surface area (Å²) in [6.07, 6.45) is 2.67. The van der Waals surface area contributed by atoms with Gasteiger partial charge in [0.1, 0.15) is 5.82 Å². The summed E-state index contributed by atoms with van der Waals surface area (Å²) in [5.41, 5.74) is 4.69. The van der Waals surface area contributed by atoms with Crippen molar-refractivity contribution in [3.8, 4) is 0 Å². The van der Waals surface area contributed by atoms with Crippen LogP contribution in [0.3, 0.4) is 0 Å². The van der Waals surface area contributed by atoms with Gasteiger partial charge in [-0.25, -0.2) is 4.39 Å². The largest absolute Gasteiger partial charge is 0.369 e. The molecule has 1 aliphatic heterocycles. The van der Waals surface area contributed by atoms with Crippen molar-refractivity contribution >= 4 is 33.5 Å². The molecule has 0 aliphatic carbocycles. The van der Waals surface area contributed by atoms with E-state index in [4.69, 9.17) is 0 Å². The highest BCUT2D eigenvalue weighted by Crippen LogP contribution is 2.43. The lowest BCUT2D eigenvalue weighted by Gasteiger charge is -2.45. The van der Waals surface area contributed by atoms with Crippen molar-refractivity contribution in [3.63, 3.8) is 0 Å². The first kappa shape index (κ1) is 18.1. The van der Waals surface area contributed by atoms with E-state index >= 15 is 0 Å². The van der Waals surface area contributed by atoms with Crippen molar-refractivity contribution in [2.45, 2.75) is 45.6 Å². The van der Waals surface area contributed by atoms with Crippen LogP contribution in [0.25, 0.3) is 0 Å². The van der Waals surface area contributed by atoms with Crippen LogP contribution in [0.5, 0.6) is 0 Å². The molecular weight excluding hydrogens is 379 g/mol. The highest BCUT2D eigenvalue weighted by atomic mass is 79.9. The second kappa shape index (κ2) is 6.56. The minimum Gasteiger partial charge on any atom is -0.369 e. The molecule has 0 amide bonds. The fourth-order valence-corrected chi connectivity index (χ4v) is 4.15. The first-order valence-electron chi connectivity index (χ1n) is 8.56. The number of fused-ring (bicyclic) bond motifs is 1. The van der Waals surface area contributed by atoms with Gasteiger partial charge in [0, 0.05) is 34.5 Å². The fraction of sp³-hybridized carbons (Fsp3) is 0.381. The number of rotatable bonds is 2. The maximum atomic E-state index is 14.7. The number of halogens is 2. The Morgan fingerprint density at radius 1 is 1.28 bits per heavy atom. The molecule has 2 aromatic rings. The Bertz CT molecular complexity index is 842. The summed E-state index contributed by atoms with van der Waals surface area (Å²) < 4.78 is 15.6. The number of nitrogens with zero attached hydrogens (tertiary/aromatic N) is 2. The average molecular weight is 403 g/mol. The van der Waals surface area contributed by atoms with E-state index < -0.39 is 0 Å². The molecule has 1 heterocycles. The molecule has 0 radical (unpaired) electrons. The van der Waals surface area contributed by atoms with Crippen LogP contribution in [0.4, 0.5) is 15.8 Å². The van der Waals surface area contributed by atoms with Gasteiger partial charge in [-0.05, 0) is 84.4 Å².